The van der Waals surface area contributed by atoms with Crippen LogP contribution in [-0.4, -0.2) is 34.6 Å². The highest BCUT2D eigenvalue weighted by molar-refractivity contribution is 7.92. The van der Waals surface area contributed by atoms with Crippen molar-refractivity contribution >= 4 is 50.9 Å². The van der Waals surface area contributed by atoms with Crippen LogP contribution in [0.1, 0.15) is 5.56 Å². The molecule has 1 aromatic carbocycles. The van der Waals surface area contributed by atoms with Crippen LogP contribution in [0.4, 0.5) is 5.69 Å². The monoisotopic (exact) mass is 424 g/mol. The van der Waals surface area contributed by atoms with E-state index in [1.165, 1.54) is 11.3 Å². The normalized spacial score (nSPS) is 14.3. The fraction of sp³-hybridized carbons (Fsp3) is 0.167. The van der Waals surface area contributed by atoms with Crippen LogP contribution in [0.2, 0.25) is 5.02 Å². The summed E-state index contributed by atoms with van der Waals surface area (Å²) in [6.07, 6.45) is 1.09. The summed E-state index contributed by atoms with van der Waals surface area (Å²) < 4.78 is 36.2. The molecule has 1 aliphatic heterocycles. The average molecular weight is 425 g/mol. The zero-order chi connectivity index (χ0) is 19.6. The standard InChI is InChI=1S/C18H17ClN2O4S2/c1-11(17-18(20-2)25-7-6-24-17)12-8-16(26-10-12)14-5-4-13(9-15(14)19)21-27(3,22)23/h4-5,8-10,21H,1-2,6-7H2,3H3. The van der Waals surface area contributed by atoms with Crippen LogP contribution in [-0.2, 0) is 19.5 Å². The van der Waals surface area contributed by atoms with Crippen molar-refractivity contribution in [2.24, 2.45) is 4.99 Å². The molecule has 0 amide bonds. The molecule has 6 nitrogen and oxygen atoms in total. The number of benzene rings is 1. The number of hydrogen-bond donors (Lipinski definition) is 1. The molecule has 0 fully saturated rings. The van der Waals surface area contributed by atoms with Gasteiger partial charge in [0, 0.05) is 21.7 Å². The number of allylic oxidation sites excluding steroid dienone is 1. The van der Waals surface area contributed by atoms with Gasteiger partial charge in [0.15, 0.2) is 5.76 Å². The van der Waals surface area contributed by atoms with Crippen molar-refractivity contribution in [1.82, 2.24) is 0 Å². The summed E-state index contributed by atoms with van der Waals surface area (Å²) in [7, 11) is -3.36. The van der Waals surface area contributed by atoms with Gasteiger partial charge in [0.2, 0.25) is 10.0 Å². The summed E-state index contributed by atoms with van der Waals surface area (Å²) in [5.74, 6) is 0.799. The molecule has 0 spiro atoms. The molecule has 0 unspecified atom stereocenters. The Bertz CT molecular complexity index is 1040. The van der Waals surface area contributed by atoms with Crippen LogP contribution in [0, 0.1) is 0 Å². The molecular formula is C18H17ClN2O4S2. The van der Waals surface area contributed by atoms with Crippen molar-refractivity contribution in [2.45, 2.75) is 0 Å². The van der Waals surface area contributed by atoms with E-state index in [1.807, 2.05) is 11.4 Å². The maximum Gasteiger partial charge on any atom is 0.257 e. The van der Waals surface area contributed by atoms with E-state index < -0.39 is 10.0 Å². The molecule has 142 valence electrons. The van der Waals surface area contributed by atoms with Gasteiger partial charge in [0.25, 0.3) is 5.88 Å². The molecule has 1 N–H and O–H groups in total. The van der Waals surface area contributed by atoms with Gasteiger partial charge in [0.05, 0.1) is 11.3 Å². The van der Waals surface area contributed by atoms with E-state index in [0.717, 1.165) is 22.3 Å². The SMILES string of the molecule is C=NC1=C(C(=C)c2csc(-c3ccc(NS(C)(=O)=O)cc3Cl)c2)OCCO1. The molecular weight excluding hydrogens is 408 g/mol. The van der Waals surface area contributed by atoms with Crippen LogP contribution in [0.15, 0.2) is 52.9 Å². The first-order valence-corrected chi connectivity index (χ1v) is 11.0. The van der Waals surface area contributed by atoms with Gasteiger partial charge in [-0.1, -0.05) is 18.2 Å². The van der Waals surface area contributed by atoms with Crippen molar-refractivity contribution in [2.75, 3.05) is 24.2 Å². The minimum atomic E-state index is -3.36. The van der Waals surface area contributed by atoms with E-state index in [9.17, 15) is 8.42 Å². The van der Waals surface area contributed by atoms with Crippen LogP contribution >= 0.6 is 22.9 Å². The third-order valence-corrected chi connectivity index (χ3v) is 5.55. The van der Waals surface area contributed by atoms with Crippen molar-refractivity contribution in [3.63, 3.8) is 0 Å². The predicted molar refractivity (Wildman–Crippen MR) is 111 cm³/mol. The number of halogens is 1. The summed E-state index contributed by atoms with van der Waals surface area (Å²) in [5.41, 5.74) is 2.70. The van der Waals surface area contributed by atoms with E-state index in [-0.39, 0.29) is 0 Å². The lowest BCUT2D eigenvalue weighted by molar-refractivity contribution is 0.0709. The van der Waals surface area contributed by atoms with Crippen LogP contribution in [0.3, 0.4) is 0 Å². The Labute approximate surface area is 166 Å². The van der Waals surface area contributed by atoms with Gasteiger partial charge in [-0.25, -0.2) is 13.4 Å². The summed E-state index contributed by atoms with van der Waals surface area (Å²) in [5, 5.41) is 2.37. The summed E-state index contributed by atoms with van der Waals surface area (Å²) >= 11 is 7.84. The highest BCUT2D eigenvalue weighted by Crippen LogP contribution is 2.38. The molecule has 3 rings (SSSR count). The first-order valence-electron chi connectivity index (χ1n) is 7.81. The molecule has 0 bridgehead atoms. The number of aliphatic imine (C=N–C) groups is 1. The van der Waals surface area contributed by atoms with E-state index in [1.54, 1.807) is 18.2 Å². The van der Waals surface area contributed by atoms with E-state index >= 15 is 0 Å². The fourth-order valence-corrected chi connectivity index (χ4v) is 4.36. The zero-order valence-electron chi connectivity index (χ0n) is 14.5. The quantitative estimate of drug-likeness (QED) is 0.698. The molecule has 0 aliphatic carbocycles. The second kappa shape index (κ2) is 7.75. The van der Waals surface area contributed by atoms with Crippen molar-refractivity contribution in [3.05, 3.63) is 58.5 Å². The number of rotatable bonds is 6. The Morgan fingerprint density at radius 2 is 2.04 bits per heavy atom. The average Bonchev–Trinajstić information content (AvgIpc) is 3.09. The van der Waals surface area contributed by atoms with Gasteiger partial charge in [-0.15, -0.1) is 11.3 Å². The Kier molecular flexibility index (Phi) is 5.59. The summed E-state index contributed by atoms with van der Waals surface area (Å²) in [4.78, 5) is 4.75. The van der Waals surface area contributed by atoms with Gasteiger partial charge < -0.3 is 9.47 Å². The number of nitrogens with one attached hydrogen (secondary N) is 1. The summed E-state index contributed by atoms with van der Waals surface area (Å²) in [6, 6.07) is 6.94. The smallest absolute Gasteiger partial charge is 0.257 e. The number of nitrogens with zero attached hydrogens (tertiary/aromatic N) is 1. The summed E-state index contributed by atoms with van der Waals surface area (Å²) in [6.45, 7) is 8.41. The molecule has 0 radical (unpaired) electrons. The van der Waals surface area contributed by atoms with Crippen LogP contribution < -0.4 is 4.72 Å². The van der Waals surface area contributed by atoms with E-state index in [2.05, 4.69) is 23.0 Å². The topological polar surface area (TPSA) is 77.0 Å². The third-order valence-electron chi connectivity index (χ3n) is 3.67. The predicted octanol–water partition coefficient (Wildman–Crippen LogP) is 4.37. The number of thiophene rings is 1. The molecule has 2 heterocycles. The largest absolute Gasteiger partial charge is 0.484 e. The van der Waals surface area contributed by atoms with Crippen molar-refractivity contribution in [1.29, 1.82) is 0 Å². The molecule has 0 saturated carbocycles. The van der Waals surface area contributed by atoms with Gasteiger partial charge in [-0.3, -0.25) is 4.72 Å². The molecule has 0 atom stereocenters. The Hall–Kier alpha value is -2.29. The number of sulfonamides is 1. The van der Waals surface area contributed by atoms with Gasteiger partial charge in [0.1, 0.15) is 13.2 Å². The van der Waals surface area contributed by atoms with Crippen LogP contribution in [0.5, 0.6) is 0 Å². The molecule has 0 saturated heterocycles. The number of ether oxygens (including phenoxy) is 2. The number of hydrogen-bond acceptors (Lipinski definition) is 6. The fourth-order valence-electron chi connectivity index (χ4n) is 2.50. The molecule has 9 heteroatoms. The second-order valence-electron chi connectivity index (χ2n) is 5.74. The Morgan fingerprint density at radius 3 is 2.70 bits per heavy atom. The first-order chi connectivity index (χ1) is 12.8. The van der Waals surface area contributed by atoms with Gasteiger partial charge >= 0.3 is 0 Å². The maximum atomic E-state index is 11.3. The lowest BCUT2D eigenvalue weighted by Crippen LogP contribution is -2.13. The Balaban J connectivity index is 1.89. The third kappa shape index (κ3) is 4.52. The molecule has 1 aliphatic rings. The zero-order valence-corrected chi connectivity index (χ0v) is 16.9. The van der Waals surface area contributed by atoms with Gasteiger partial charge in [-0.2, -0.15) is 0 Å². The molecule has 1 aromatic heterocycles. The minimum Gasteiger partial charge on any atom is -0.484 e. The number of anilines is 1. The lowest BCUT2D eigenvalue weighted by Gasteiger charge is -2.20. The minimum absolute atomic E-state index is 0.327. The maximum absolute atomic E-state index is 11.3. The molecule has 27 heavy (non-hydrogen) atoms. The first kappa shape index (κ1) is 19.5. The van der Waals surface area contributed by atoms with Gasteiger partial charge in [-0.05, 0) is 41.9 Å². The highest BCUT2D eigenvalue weighted by Gasteiger charge is 2.20. The van der Waals surface area contributed by atoms with Crippen LogP contribution in [0.25, 0.3) is 16.0 Å². The van der Waals surface area contributed by atoms with Crippen molar-refractivity contribution in [3.8, 4) is 10.4 Å². The van der Waals surface area contributed by atoms with E-state index in [4.69, 9.17) is 21.1 Å². The molecule has 2 aromatic rings. The van der Waals surface area contributed by atoms with Crippen molar-refractivity contribution < 1.29 is 17.9 Å². The second-order valence-corrected chi connectivity index (χ2v) is 8.80. The van der Waals surface area contributed by atoms with E-state index in [0.29, 0.717) is 41.1 Å². The lowest BCUT2D eigenvalue weighted by atomic mass is 10.1. The highest BCUT2D eigenvalue weighted by atomic mass is 35.5. The Morgan fingerprint density at radius 1 is 1.30 bits per heavy atom.